The van der Waals surface area contributed by atoms with Crippen molar-refractivity contribution in [1.82, 2.24) is 24.8 Å². The standard InChI is InChI=1S/C13H16N6O8P2/c1-2-14-13(20)18-11-10-12(16-5-15-11)19(6-17-10)9-3-7(27-29(23)24)8(26-9)4-25-28(21)22/h5-9H,2-4H2,1H3,(H2-2,14,15,16,18,20,21,22,23,24)/p+2/t7-,8+,9+/m0/s1. The SMILES string of the molecule is CCNC(=O)Nc1ncnc2c1ncn2[C@H]1C[C@H](O[P+](=O)O)[C@@H](CO[P+](=O)O)O1. The number of amides is 2. The highest BCUT2D eigenvalue weighted by Crippen LogP contribution is 2.37. The number of aromatic nitrogens is 4. The highest BCUT2D eigenvalue weighted by molar-refractivity contribution is 7.32. The van der Waals surface area contributed by atoms with Crippen molar-refractivity contribution >= 4 is 39.5 Å². The number of nitrogens with one attached hydrogen (secondary N) is 2. The fourth-order valence-corrected chi connectivity index (χ4v) is 3.58. The number of hydrogen-bond donors (Lipinski definition) is 4. The summed E-state index contributed by atoms with van der Waals surface area (Å²) in [4.78, 5) is 42.0. The van der Waals surface area contributed by atoms with Gasteiger partial charge in [0.1, 0.15) is 31.4 Å². The zero-order chi connectivity index (χ0) is 21.0. The van der Waals surface area contributed by atoms with Gasteiger partial charge in [0.15, 0.2) is 17.0 Å². The van der Waals surface area contributed by atoms with Crippen molar-refractivity contribution in [3.05, 3.63) is 12.7 Å². The Morgan fingerprint density at radius 1 is 1.34 bits per heavy atom. The van der Waals surface area contributed by atoms with Crippen LogP contribution in [0, 0.1) is 0 Å². The molecule has 2 aromatic heterocycles. The maximum absolute atomic E-state index is 11.8. The molecular formula is C13H18N6O8P2+2. The van der Waals surface area contributed by atoms with Crippen molar-refractivity contribution in [3.63, 3.8) is 0 Å². The molecule has 4 N–H and O–H groups in total. The molecule has 0 saturated carbocycles. The zero-order valence-corrected chi connectivity index (χ0v) is 16.8. The van der Waals surface area contributed by atoms with E-state index in [1.54, 1.807) is 11.5 Å². The Bertz CT molecular complexity index is 926. The van der Waals surface area contributed by atoms with Crippen LogP contribution in [-0.4, -0.2) is 60.7 Å². The van der Waals surface area contributed by atoms with Gasteiger partial charge in [0, 0.05) is 22.1 Å². The van der Waals surface area contributed by atoms with Gasteiger partial charge < -0.3 is 10.1 Å². The molecule has 0 aromatic carbocycles. The Morgan fingerprint density at radius 2 is 2.14 bits per heavy atom. The number of rotatable bonds is 8. The van der Waals surface area contributed by atoms with Crippen LogP contribution in [0.4, 0.5) is 10.6 Å². The largest absolute Gasteiger partial charge is 0.695 e. The maximum Gasteiger partial charge on any atom is 0.695 e. The van der Waals surface area contributed by atoms with Gasteiger partial charge in [0.2, 0.25) is 0 Å². The summed E-state index contributed by atoms with van der Waals surface area (Å²) in [5, 5.41) is 5.15. The summed E-state index contributed by atoms with van der Waals surface area (Å²) >= 11 is 0. The first-order valence-corrected chi connectivity index (χ1v) is 10.6. The molecule has 3 heterocycles. The molecule has 2 unspecified atom stereocenters. The number of ether oxygens (including phenoxy) is 1. The highest BCUT2D eigenvalue weighted by atomic mass is 31.1. The third-order valence-corrected chi connectivity index (χ3v) is 4.81. The molecule has 2 aromatic rings. The topological polar surface area (TPSA) is 187 Å². The highest BCUT2D eigenvalue weighted by Gasteiger charge is 2.44. The van der Waals surface area contributed by atoms with Crippen LogP contribution in [0.1, 0.15) is 19.6 Å². The summed E-state index contributed by atoms with van der Waals surface area (Å²) < 4.78 is 38.8. The number of nitrogens with zero attached hydrogens (tertiary/aromatic N) is 4. The number of carbonyl (C=O) groups excluding carboxylic acids is 1. The molecule has 14 nitrogen and oxygen atoms in total. The molecule has 16 heteroatoms. The molecule has 156 valence electrons. The van der Waals surface area contributed by atoms with Crippen molar-refractivity contribution in [2.45, 2.75) is 31.8 Å². The zero-order valence-electron chi connectivity index (χ0n) is 15.0. The smallest absolute Gasteiger partial charge is 0.349 e. The predicted octanol–water partition coefficient (Wildman–Crippen LogP) is 0.956. The Labute approximate surface area is 165 Å². The van der Waals surface area contributed by atoms with Crippen molar-refractivity contribution in [2.75, 3.05) is 18.5 Å². The monoisotopic (exact) mass is 448 g/mol. The summed E-state index contributed by atoms with van der Waals surface area (Å²) in [6.45, 7) is 1.89. The molecule has 0 spiro atoms. The Hall–Kier alpha value is -2.18. The lowest BCUT2D eigenvalue weighted by molar-refractivity contribution is -0.0347. The van der Waals surface area contributed by atoms with Crippen LogP contribution in [0.3, 0.4) is 0 Å². The summed E-state index contributed by atoms with van der Waals surface area (Å²) in [6.07, 6.45) is 0.343. The lowest BCUT2D eigenvalue weighted by Gasteiger charge is -2.13. The fraction of sp³-hybridized carbons (Fsp3) is 0.538. The van der Waals surface area contributed by atoms with E-state index < -0.39 is 41.0 Å². The minimum absolute atomic E-state index is 0.131. The van der Waals surface area contributed by atoms with E-state index in [0.717, 1.165) is 0 Å². The molecule has 2 amide bonds. The van der Waals surface area contributed by atoms with Crippen LogP contribution in [0.5, 0.6) is 0 Å². The van der Waals surface area contributed by atoms with Crippen LogP contribution in [-0.2, 0) is 22.9 Å². The second-order valence-corrected chi connectivity index (χ2v) is 7.23. The molecule has 1 fully saturated rings. The third-order valence-electron chi connectivity index (χ3n) is 3.99. The summed E-state index contributed by atoms with van der Waals surface area (Å²) in [6, 6.07) is -0.449. The number of hydrogen-bond acceptors (Lipinski definition) is 9. The predicted molar refractivity (Wildman–Crippen MR) is 97.0 cm³/mol. The normalized spacial score (nSPS) is 22.5. The third kappa shape index (κ3) is 5.25. The van der Waals surface area contributed by atoms with E-state index in [1.165, 1.54) is 12.7 Å². The van der Waals surface area contributed by atoms with Gasteiger partial charge in [-0.2, -0.15) is 0 Å². The van der Waals surface area contributed by atoms with E-state index in [1.807, 2.05) is 0 Å². The molecule has 1 aliphatic rings. The van der Waals surface area contributed by atoms with E-state index in [2.05, 4.69) is 30.1 Å². The molecule has 0 bridgehead atoms. The Kier molecular flexibility index (Phi) is 7.09. The average Bonchev–Trinajstić information content (AvgIpc) is 3.24. The number of anilines is 1. The van der Waals surface area contributed by atoms with Crippen LogP contribution in [0.15, 0.2) is 12.7 Å². The minimum atomic E-state index is -2.92. The number of urea groups is 1. The van der Waals surface area contributed by atoms with Crippen LogP contribution in [0.25, 0.3) is 11.2 Å². The van der Waals surface area contributed by atoms with Crippen LogP contribution >= 0.6 is 16.5 Å². The van der Waals surface area contributed by atoms with Gasteiger partial charge in [0.05, 0.1) is 6.33 Å². The van der Waals surface area contributed by atoms with Crippen LogP contribution < -0.4 is 10.6 Å². The molecule has 0 radical (unpaired) electrons. The van der Waals surface area contributed by atoms with Gasteiger partial charge in [-0.3, -0.25) is 9.88 Å². The molecule has 29 heavy (non-hydrogen) atoms. The summed E-state index contributed by atoms with van der Waals surface area (Å²) in [7, 11) is -5.79. The molecule has 1 saturated heterocycles. The second-order valence-electron chi connectivity index (χ2n) is 5.81. The quantitative estimate of drug-likeness (QED) is 0.421. The van der Waals surface area contributed by atoms with Crippen molar-refractivity contribution < 1.29 is 37.5 Å². The first-order chi connectivity index (χ1) is 13.9. The van der Waals surface area contributed by atoms with Gasteiger partial charge in [-0.25, -0.2) is 19.7 Å². The van der Waals surface area contributed by atoms with Crippen molar-refractivity contribution in [3.8, 4) is 0 Å². The number of imidazole rings is 1. The average molecular weight is 448 g/mol. The summed E-state index contributed by atoms with van der Waals surface area (Å²) in [5.74, 6) is 0.195. The van der Waals surface area contributed by atoms with E-state index in [-0.39, 0.29) is 18.8 Å². The molecule has 1 aliphatic heterocycles. The Morgan fingerprint density at radius 3 is 2.83 bits per heavy atom. The van der Waals surface area contributed by atoms with E-state index >= 15 is 0 Å². The first-order valence-electron chi connectivity index (χ1n) is 8.38. The van der Waals surface area contributed by atoms with Gasteiger partial charge in [-0.05, 0) is 6.92 Å². The lowest BCUT2D eigenvalue weighted by atomic mass is 10.2. The van der Waals surface area contributed by atoms with E-state index in [9.17, 15) is 13.9 Å². The molecule has 0 aliphatic carbocycles. The molecule has 3 rings (SSSR count). The number of carbonyl (C=O) groups is 1. The minimum Gasteiger partial charge on any atom is -0.349 e. The van der Waals surface area contributed by atoms with Crippen molar-refractivity contribution in [2.24, 2.45) is 0 Å². The fourth-order valence-electron chi connectivity index (χ4n) is 2.85. The van der Waals surface area contributed by atoms with Gasteiger partial charge in [0.25, 0.3) is 0 Å². The van der Waals surface area contributed by atoms with E-state index in [4.69, 9.17) is 19.0 Å². The first kappa shape index (κ1) is 21.5. The molecular weight excluding hydrogens is 430 g/mol. The lowest BCUT2D eigenvalue weighted by Crippen LogP contribution is -2.28. The maximum atomic E-state index is 11.8. The van der Waals surface area contributed by atoms with Gasteiger partial charge >= 0.3 is 22.5 Å². The number of fused-ring (bicyclic) bond motifs is 1. The van der Waals surface area contributed by atoms with Crippen molar-refractivity contribution in [1.29, 1.82) is 0 Å². The summed E-state index contributed by atoms with van der Waals surface area (Å²) in [5.41, 5.74) is 0.657. The Balaban J connectivity index is 1.83. The van der Waals surface area contributed by atoms with Crippen LogP contribution in [0.2, 0.25) is 0 Å². The van der Waals surface area contributed by atoms with E-state index in [0.29, 0.717) is 17.7 Å². The second kappa shape index (κ2) is 9.55. The van der Waals surface area contributed by atoms with Gasteiger partial charge in [-0.1, -0.05) is 0 Å². The molecule has 5 atom stereocenters. The van der Waals surface area contributed by atoms with Gasteiger partial charge in [-0.15, -0.1) is 18.8 Å².